The molecule has 11 heteroatoms. The van der Waals surface area contributed by atoms with E-state index in [4.69, 9.17) is 25.8 Å². The van der Waals surface area contributed by atoms with Crippen molar-refractivity contribution in [1.82, 2.24) is 9.97 Å². The van der Waals surface area contributed by atoms with E-state index < -0.39 is 33.9 Å². The summed E-state index contributed by atoms with van der Waals surface area (Å²) in [7, 11) is -2.27. The fourth-order valence-electron chi connectivity index (χ4n) is 4.73. The first-order valence-corrected chi connectivity index (χ1v) is 13.6. The predicted molar refractivity (Wildman–Crippen MR) is 128 cm³/mol. The monoisotopic (exact) mass is 519 g/mol. The van der Waals surface area contributed by atoms with Gasteiger partial charge in [-0.1, -0.05) is 17.7 Å². The third-order valence-electron chi connectivity index (χ3n) is 6.60. The highest BCUT2D eigenvalue weighted by molar-refractivity contribution is 7.95. The van der Waals surface area contributed by atoms with Crippen molar-refractivity contribution < 1.29 is 27.9 Å². The minimum Gasteiger partial charge on any atom is -0.485 e. The number of benzene rings is 2. The maximum Gasteiger partial charge on any atom is 0.151 e. The van der Waals surface area contributed by atoms with Crippen molar-refractivity contribution in [3.8, 4) is 5.75 Å². The van der Waals surface area contributed by atoms with Gasteiger partial charge in [0.2, 0.25) is 0 Å². The number of ether oxygens (including phenoxy) is 3. The summed E-state index contributed by atoms with van der Waals surface area (Å²) in [5.74, 6) is 1.07. The smallest absolute Gasteiger partial charge is 0.151 e. The van der Waals surface area contributed by atoms with Gasteiger partial charge in [0.1, 0.15) is 36.2 Å². The average molecular weight is 520 g/mol. The van der Waals surface area contributed by atoms with Gasteiger partial charge < -0.3 is 19.3 Å². The zero-order valence-electron chi connectivity index (χ0n) is 18.6. The molecule has 4 heterocycles. The topological polar surface area (TPSA) is 103 Å². The van der Waals surface area contributed by atoms with Crippen LogP contribution in [0.15, 0.2) is 41.0 Å². The molecule has 0 unspecified atom stereocenters. The molecule has 0 aliphatic carbocycles. The lowest BCUT2D eigenvalue weighted by molar-refractivity contribution is 0.00848. The van der Waals surface area contributed by atoms with Gasteiger partial charge in [-0.15, -0.1) is 0 Å². The number of aromatic nitrogens is 2. The Bertz CT molecular complexity index is 1420. The van der Waals surface area contributed by atoms with E-state index >= 15 is 4.39 Å². The van der Waals surface area contributed by atoms with Crippen LogP contribution in [0.2, 0.25) is 5.02 Å². The van der Waals surface area contributed by atoms with E-state index in [1.54, 1.807) is 18.2 Å². The number of fused-ring (bicyclic) bond motifs is 2. The number of aliphatic hydroxyl groups is 1. The van der Waals surface area contributed by atoms with Crippen molar-refractivity contribution in [2.24, 2.45) is 4.36 Å². The summed E-state index contributed by atoms with van der Waals surface area (Å²) in [6, 6.07) is 8.18. The van der Waals surface area contributed by atoms with Crippen LogP contribution in [0.5, 0.6) is 5.75 Å². The molecule has 3 aliphatic heterocycles. The van der Waals surface area contributed by atoms with Crippen LogP contribution in [-0.2, 0) is 25.6 Å². The van der Waals surface area contributed by atoms with Crippen LogP contribution in [0.1, 0.15) is 17.7 Å². The molecule has 6 rings (SSSR count). The van der Waals surface area contributed by atoms with Crippen LogP contribution in [0.25, 0.3) is 10.9 Å². The van der Waals surface area contributed by atoms with E-state index in [0.717, 1.165) is 12.0 Å². The van der Waals surface area contributed by atoms with Crippen molar-refractivity contribution in [1.29, 1.82) is 0 Å². The van der Waals surface area contributed by atoms with Crippen LogP contribution in [0.4, 0.5) is 10.1 Å². The van der Waals surface area contributed by atoms with E-state index in [2.05, 4.69) is 14.3 Å². The summed E-state index contributed by atoms with van der Waals surface area (Å²) in [5, 5.41) is 10.8. The van der Waals surface area contributed by atoms with Crippen LogP contribution >= 0.6 is 11.6 Å². The largest absolute Gasteiger partial charge is 0.485 e. The third-order valence-corrected chi connectivity index (χ3v) is 9.23. The molecule has 3 aromatic rings. The summed E-state index contributed by atoms with van der Waals surface area (Å²) in [6.07, 6.45) is 0.630. The Morgan fingerprint density at radius 3 is 2.80 bits per heavy atom. The van der Waals surface area contributed by atoms with Gasteiger partial charge in [-0.2, -0.15) is 4.36 Å². The quantitative estimate of drug-likeness (QED) is 0.551. The number of nitrogens with zero attached hydrogens (tertiary/aromatic N) is 3. The highest BCUT2D eigenvalue weighted by atomic mass is 35.5. The number of aliphatic hydroxyl groups excluding tert-OH is 1. The van der Waals surface area contributed by atoms with Crippen LogP contribution < -0.4 is 4.74 Å². The number of hydrogen-bond acceptors (Lipinski definition) is 8. The molecule has 8 nitrogen and oxygen atoms in total. The van der Waals surface area contributed by atoms with Crippen molar-refractivity contribution in [2.45, 2.75) is 37.3 Å². The number of rotatable bonds is 5. The molecular weight excluding hydrogens is 497 g/mol. The van der Waals surface area contributed by atoms with Crippen LogP contribution in [0, 0.1) is 5.82 Å². The Balaban J connectivity index is 1.32. The minimum absolute atomic E-state index is 0.201. The molecule has 1 N–H and O–H groups in total. The standard InChI is InChI=1S/C24H23ClFN3O5S/c25-14-3-2-13(20(7-14)34-21-11-33-23-19(30)10-32-24(21)23)6-17-22-16(26)8-15(9-18(22)28-12-27-17)29-35(31)4-1-5-35/h2-3,7-9,12,19,21,23-24,30H,1,4-6,10-11H2/t19-,21-,23-,24-/m1/s1. The zero-order chi connectivity index (χ0) is 24.2. The Morgan fingerprint density at radius 2 is 2.00 bits per heavy atom. The Morgan fingerprint density at radius 1 is 1.17 bits per heavy atom. The van der Waals surface area contributed by atoms with E-state index in [9.17, 15) is 9.32 Å². The lowest BCUT2D eigenvalue weighted by Gasteiger charge is -2.20. The second-order valence-electron chi connectivity index (χ2n) is 9.02. The Labute approximate surface area is 206 Å². The highest BCUT2D eigenvalue weighted by Crippen LogP contribution is 2.34. The first kappa shape index (κ1) is 23.1. The maximum atomic E-state index is 15.2. The summed E-state index contributed by atoms with van der Waals surface area (Å²) in [6.45, 7) is 0.478. The highest BCUT2D eigenvalue weighted by Gasteiger charge is 2.48. The lowest BCUT2D eigenvalue weighted by atomic mass is 10.0. The maximum absolute atomic E-state index is 15.2. The molecule has 0 bridgehead atoms. The molecule has 0 saturated carbocycles. The molecule has 3 saturated heterocycles. The van der Waals surface area contributed by atoms with Gasteiger partial charge in [-0.05, 0) is 24.6 Å². The molecular formula is C24H23ClFN3O5S. The van der Waals surface area contributed by atoms with Crippen molar-refractivity contribution in [3.63, 3.8) is 0 Å². The van der Waals surface area contributed by atoms with Gasteiger partial charge in [0.25, 0.3) is 0 Å². The molecule has 0 spiro atoms. The minimum atomic E-state index is -2.27. The molecule has 184 valence electrons. The number of hydrogen-bond donors (Lipinski definition) is 1. The summed E-state index contributed by atoms with van der Waals surface area (Å²) < 4.78 is 49.6. The average Bonchev–Trinajstić information content (AvgIpc) is 3.37. The van der Waals surface area contributed by atoms with Gasteiger partial charge in [0.15, 0.2) is 6.10 Å². The first-order chi connectivity index (χ1) is 16.9. The normalized spacial score (nSPS) is 26.9. The summed E-state index contributed by atoms with van der Waals surface area (Å²) in [4.78, 5) is 8.57. The molecule has 35 heavy (non-hydrogen) atoms. The Kier molecular flexibility index (Phi) is 5.89. The van der Waals surface area contributed by atoms with Gasteiger partial charge in [0, 0.05) is 34.6 Å². The molecule has 3 fully saturated rings. The first-order valence-electron chi connectivity index (χ1n) is 11.4. The molecule has 0 radical (unpaired) electrons. The van der Waals surface area contributed by atoms with E-state index in [0.29, 0.717) is 39.2 Å². The number of halogens is 2. The second-order valence-corrected chi connectivity index (χ2v) is 12.0. The Hall–Kier alpha value is -2.37. The van der Waals surface area contributed by atoms with Gasteiger partial charge in [0.05, 0.1) is 45.2 Å². The molecule has 1 aromatic heterocycles. The second kappa shape index (κ2) is 8.94. The lowest BCUT2D eigenvalue weighted by Crippen LogP contribution is -2.34. The van der Waals surface area contributed by atoms with E-state index in [1.165, 1.54) is 12.4 Å². The summed E-state index contributed by atoms with van der Waals surface area (Å²) in [5.41, 5.74) is 1.96. The molecule has 3 aliphatic rings. The van der Waals surface area contributed by atoms with Crippen molar-refractivity contribution >= 4 is 37.9 Å². The van der Waals surface area contributed by atoms with E-state index in [1.807, 2.05) is 6.07 Å². The van der Waals surface area contributed by atoms with Crippen LogP contribution in [0.3, 0.4) is 0 Å². The predicted octanol–water partition coefficient (Wildman–Crippen LogP) is 3.42. The SMILES string of the molecule is O=S1(=Nc2cc(F)c3c(Cc4ccc(Cl)cc4O[C@@H]4CO[C@H]5[C@@H]4OC[C@H]5O)ncnc3c2)CCC1. The molecule has 2 aromatic carbocycles. The van der Waals surface area contributed by atoms with Gasteiger partial charge >= 0.3 is 0 Å². The fourth-order valence-corrected chi connectivity index (χ4v) is 6.34. The van der Waals surface area contributed by atoms with Crippen molar-refractivity contribution in [3.05, 3.63) is 58.8 Å². The summed E-state index contributed by atoms with van der Waals surface area (Å²) >= 11 is 6.24. The van der Waals surface area contributed by atoms with Gasteiger partial charge in [-0.25, -0.2) is 18.6 Å². The third kappa shape index (κ3) is 4.38. The van der Waals surface area contributed by atoms with Gasteiger partial charge in [-0.3, -0.25) is 0 Å². The molecule has 4 atom stereocenters. The molecule has 0 amide bonds. The fraction of sp³-hybridized carbons (Fsp3) is 0.417. The zero-order valence-corrected chi connectivity index (χ0v) is 20.2. The van der Waals surface area contributed by atoms with Crippen LogP contribution in [-0.4, -0.2) is 68.4 Å². The van der Waals surface area contributed by atoms with E-state index in [-0.39, 0.29) is 31.1 Å². The van der Waals surface area contributed by atoms with Crippen molar-refractivity contribution in [2.75, 3.05) is 24.7 Å².